The number of piperidine rings is 1. The molecule has 4 N–H and O–H groups in total. The molecule has 5 nitrogen and oxygen atoms in total. The second kappa shape index (κ2) is 12.8. The highest BCUT2D eigenvalue weighted by Crippen LogP contribution is 2.32. The molecule has 2 aliphatic rings. The number of nitrogens with two attached hydrogens (primary N) is 1. The Labute approximate surface area is 212 Å². The van der Waals surface area contributed by atoms with E-state index in [0.29, 0.717) is 17.2 Å². The third-order valence-corrected chi connectivity index (χ3v) is 6.60. The van der Waals surface area contributed by atoms with Crippen molar-refractivity contribution in [1.29, 1.82) is 0 Å². The van der Waals surface area contributed by atoms with E-state index in [1.807, 2.05) is 6.08 Å². The molecule has 8 heteroatoms. The van der Waals surface area contributed by atoms with Crippen molar-refractivity contribution >= 4 is 5.84 Å². The average Bonchev–Trinajstić information content (AvgIpc) is 2.86. The maximum atomic E-state index is 13.5. The van der Waals surface area contributed by atoms with Gasteiger partial charge in [0, 0.05) is 35.1 Å². The lowest BCUT2D eigenvalue weighted by atomic mass is 9.93. The first-order valence-corrected chi connectivity index (χ1v) is 12.6. The summed E-state index contributed by atoms with van der Waals surface area (Å²) in [5.74, 6) is 0.620. The Hall–Kier alpha value is -3.00. The van der Waals surface area contributed by atoms with Crippen molar-refractivity contribution in [3.05, 3.63) is 82.9 Å². The third kappa shape index (κ3) is 7.75. The molecular weight excluding hydrogens is 463 g/mol. The summed E-state index contributed by atoms with van der Waals surface area (Å²) in [5, 5.41) is 6.73. The van der Waals surface area contributed by atoms with Crippen LogP contribution in [-0.2, 0) is 12.7 Å². The Morgan fingerprint density at radius 1 is 1.25 bits per heavy atom. The van der Waals surface area contributed by atoms with Crippen LogP contribution in [0.1, 0.15) is 50.2 Å². The minimum absolute atomic E-state index is 0.114. The van der Waals surface area contributed by atoms with Gasteiger partial charge in [0.25, 0.3) is 0 Å². The highest BCUT2D eigenvalue weighted by molar-refractivity contribution is 5.95. The predicted octanol–water partition coefficient (Wildman–Crippen LogP) is 5.50. The largest absolute Gasteiger partial charge is 0.416 e. The van der Waals surface area contributed by atoms with Crippen LogP contribution in [0, 0.1) is 5.92 Å². The van der Waals surface area contributed by atoms with Crippen LogP contribution in [0.2, 0.25) is 0 Å². The second-order valence-corrected chi connectivity index (χ2v) is 9.44. The number of halogens is 3. The van der Waals surface area contributed by atoms with Gasteiger partial charge in [0.1, 0.15) is 5.84 Å². The van der Waals surface area contributed by atoms with Gasteiger partial charge < -0.3 is 21.3 Å². The van der Waals surface area contributed by atoms with E-state index < -0.39 is 11.7 Å². The third-order valence-electron chi connectivity index (χ3n) is 6.60. The van der Waals surface area contributed by atoms with Crippen LogP contribution in [0.25, 0.3) is 0 Å². The summed E-state index contributed by atoms with van der Waals surface area (Å²) < 4.78 is 40.6. The van der Waals surface area contributed by atoms with Crippen LogP contribution in [0.5, 0.6) is 0 Å². The summed E-state index contributed by atoms with van der Waals surface area (Å²) in [7, 11) is 2.09. The summed E-state index contributed by atoms with van der Waals surface area (Å²) in [6, 6.07) is 5.53. The van der Waals surface area contributed by atoms with Crippen molar-refractivity contribution in [2.24, 2.45) is 16.6 Å². The Balaban J connectivity index is 1.89. The van der Waals surface area contributed by atoms with Crippen LogP contribution in [0.3, 0.4) is 0 Å². The zero-order chi connectivity index (χ0) is 26.1. The molecule has 0 unspecified atom stereocenters. The molecule has 196 valence electrons. The number of likely N-dealkylation sites (tertiary alicyclic amines) is 1. The molecule has 0 spiro atoms. The molecule has 36 heavy (non-hydrogen) atoms. The molecule has 1 heterocycles. The van der Waals surface area contributed by atoms with Gasteiger partial charge in [-0.3, -0.25) is 4.99 Å². The summed E-state index contributed by atoms with van der Waals surface area (Å²) in [5.41, 5.74) is 9.29. The fraction of sp³-hybridized carbons (Fsp3) is 0.464. The predicted molar refractivity (Wildman–Crippen MR) is 141 cm³/mol. The number of amidine groups is 1. The number of nitrogens with zero attached hydrogens (tertiary/aromatic N) is 2. The van der Waals surface area contributed by atoms with E-state index >= 15 is 0 Å². The van der Waals surface area contributed by atoms with Crippen LogP contribution in [-0.4, -0.2) is 37.4 Å². The summed E-state index contributed by atoms with van der Waals surface area (Å²) >= 11 is 0. The van der Waals surface area contributed by atoms with Crippen LogP contribution in [0.4, 0.5) is 13.2 Å². The molecular formula is C28H38F3N5. The van der Waals surface area contributed by atoms with Gasteiger partial charge in [-0.25, -0.2) is 0 Å². The van der Waals surface area contributed by atoms with Crippen LogP contribution in [0.15, 0.2) is 76.7 Å². The Morgan fingerprint density at radius 3 is 2.67 bits per heavy atom. The monoisotopic (exact) mass is 501 g/mol. The van der Waals surface area contributed by atoms with Crippen LogP contribution >= 0.6 is 0 Å². The highest BCUT2D eigenvalue weighted by Gasteiger charge is 2.32. The fourth-order valence-corrected chi connectivity index (χ4v) is 4.47. The number of nitrogens with one attached hydrogen (secondary N) is 2. The Morgan fingerprint density at radius 2 is 1.97 bits per heavy atom. The molecule has 0 radical (unpaired) electrons. The number of hydrogen-bond acceptors (Lipinski definition) is 4. The molecule has 0 saturated carbocycles. The second-order valence-electron chi connectivity index (χ2n) is 9.44. The van der Waals surface area contributed by atoms with E-state index in [-0.39, 0.29) is 18.0 Å². The van der Waals surface area contributed by atoms with Gasteiger partial charge >= 0.3 is 6.18 Å². The van der Waals surface area contributed by atoms with Gasteiger partial charge in [0.2, 0.25) is 0 Å². The quantitative estimate of drug-likeness (QED) is 0.309. The molecule has 0 atom stereocenters. The van der Waals surface area contributed by atoms with E-state index in [9.17, 15) is 13.2 Å². The molecule has 0 aromatic heterocycles. The normalized spacial score (nSPS) is 18.5. The first kappa shape index (κ1) is 27.6. The van der Waals surface area contributed by atoms with Gasteiger partial charge in [0.15, 0.2) is 0 Å². The number of hydrogen-bond donors (Lipinski definition) is 3. The average molecular weight is 502 g/mol. The zero-order valence-electron chi connectivity index (χ0n) is 21.3. The number of allylic oxidation sites excluding steroid dienone is 4. The standard InChI is InChI=1S/C28H38F3N5/c1-4-15-33-26-12-8-6-10-23(26)20(2)35-27(18-25(32)21-13-16-36(3)17-14-21)34-19-22-9-5-7-11-24(22)28(29,30)31/h5-7,9-11,18,21,33H,2,4,8,12-17,19,32H2,1,3H3,(H,34,35)/b25-18-. The minimum atomic E-state index is -4.44. The lowest BCUT2D eigenvalue weighted by Gasteiger charge is -2.29. The first-order valence-electron chi connectivity index (χ1n) is 12.6. The van der Waals surface area contributed by atoms with Crippen molar-refractivity contribution in [2.45, 2.75) is 51.7 Å². The van der Waals surface area contributed by atoms with Crippen molar-refractivity contribution in [1.82, 2.24) is 15.5 Å². The van der Waals surface area contributed by atoms with E-state index in [0.717, 1.165) is 69.1 Å². The van der Waals surface area contributed by atoms with Gasteiger partial charge in [-0.2, -0.15) is 13.2 Å². The smallest absolute Gasteiger partial charge is 0.402 e. The van der Waals surface area contributed by atoms with E-state index in [4.69, 9.17) is 5.73 Å². The van der Waals surface area contributed by atoms with Crippen molar-refractivity contribution in [3.8, 4) is 0 Å². The Bertz CT molecular complexity index is 1030. The van der Waals surface area contributed by atoms with E-state index in [1.165, 1.54) is 12.1 Å². The van der Waals surface area contributed by atoms with Crippen molar-refractivity contribution in [2.75, 3.05) is 26.7 Å². The molecule has 1 aromatic carbocycles. The molecule has 1 aromatic rings. The molecule has 1 aliphatic carbocycles. The molecule has 1 aliphatic heterocycles. The lowest BCUT2D eigenvalue weighted by molar-refractivity contribution is -0.138. The highest BCUT2D eigenvalue weighted by atomic mass is 19.4. The molecule has 0 bridgehead atoms. The number of rotatable bonds is 9. The molecule has 3 rings (SSSR count). The van der Waals surface area contributed by atoms with Crippen LogP contribution < -0.4 is 16.4 Å². The molecule has 0 amide bonds. The van der Waals surface area contributed by atoms with Crippen molar-refractivity contribution < 1.29 is 13.2 Å². The van der Waals surface area contributed by atoms with E-state index in [1.54, 1.807) is 12.1 Å². The first-order chi connectivity index (χ1) is 17.2. The fourth-order valence-electron chi connectivity index (χ4n) is 4.47. The van der Waals surface area contributed by atoms with Gasteiger partial charge in [-0.15, -0.1) is 0 Å². The van der Waals surface area contributed by atoms with Gasteiger partial charge in [-0.05, 0) is 69.9 Å². The maximum Gasteiger partial charge on any atom is 0.416 e. The van der Waals surface area contributed by atoms with Gasteiger partial charge in [0.05, 0.1) is 12.1 Å². The van der Waals surface area contributed by atoms with E-state index in [2.05, 4.69) is 47.2 Å². The molecule has 1 saturated heterocycles. The lowest BCUT2D eigenvalue weighted by Crippen LogP contribution is -2.33. The summed E-state index contributed by atoms with van der Waals surface area (Å²) in [6.07, 6.45) is 6.14. The number of aliphatic imine (C=N–C) groups is 1. The Kier molecular flexibility index (Phi) is 9.81. The molecule has 1 fully saturated rings. The SMILES string of the molecule is C=C(NC(/C=C(\N)C1CCN(C)CC1)=NCc1ccccc1C(F)(F)F)C1=C(NCCC)CCC=C1. The number of benzene rings is 1. The maximum absolute atomic E-state index is 13.5. The zero-order valence-corrected chi connectivity index (χ0v) is 21.3. The number of alkyl halides is 3. The topological polar surface area (TPSA) is 65.7 Å². The minimum Gasteiger partial charge on any atom is -0.402 e. The van der Waals surface area contributed by atoms with Crippen molar-refractivity contribution in [3.63, 3.8) is 0 Å². The van der Waals surface area contributed by atoms with Gasteiger partial charge in [-0.1, -0.05) is 43.9 Å². The summed E-state index contributed by atoms with van der Waals surface area (Å²) in [6.45, 7) is 8.97. The summed E-state index contributed by atoms with van der Waals surface area (Å²) in [4.78, 5) is 6.81.